The van der Waals surface area contributed by atoms with Gasteiger partial charge in [-0.1, -0.05) is 6.07 Å². The Balaban J connectivity index is 1.82. The summed E-state index contributed by atoms with van der Waals surface area (Å²) in [5, 5.41) is 0.977. The molecule has 0 atom stereocenters. The molecule has 0 aliphatic carbocycles. The number of aromatic amines is 1. The molecule has 1 aromatic heterocycles. The van der Waals surface area contributed by atoms with Crippen LogP contribution in [0.4, 0.5) is 4.39 Å². The Morgan fingerprint density at radius 3 is 2.86 bits per heavy atom. The van der Waals surface area contributed by atoms with Crippen molar-refractivity contribution >= 4 is 10.9 Å². The Morgan fingerprint density at radius 1 is 1.29 bits per heavy atom. The van der Waals surface area contributed by atoms with Crippen molar-refractivity contribution in [3.8, 4) is 0 Å². The molecule has 114 valence electrons. The number of morpholine rings is 1. The summed E-state index contributed by atoms with van der Waals surface area (Å²) in [7, 11) is 1.66. The van der Waals surface area contributed by atoms with Crippen LogP contribution in [0.5, 0.6) is 0 Å². The van der Waals surface area contributed by atoms with Crippen LogP contribution in [0, 0.1) is 5.82 Å². The van der Waals surface area contributed by atoms with Crippen molar-refractivity contribution in [1.82, 2.24) is 9.88 Å². The molecule has 0 radical (unpaired) electrons. The number of hydrogen-bond acceptors (Lipinski definition) is 3. The van der Waals surface area contributed by atoms with Crippen LogP contribution in [0.15, 0.2) is 18.3 Å². The summed E-state index contributed by atoms with van der Waals surface area (Å²) in [5.74, 6) is -0.206. The minimum atomic E-state index is -0.206. The largest absolute Gasteiger partial charge is 0.380 e. The van der Waals surface area contributed by atoms with Gasteiger partial charge < -0.3 is 14.5 Å². The molecule has 1 aromatic carbocycles. The highest BCUT2D eigenvalue weighted by molar-refractivity contribution is 5.87. The summed E-state index contributed by atoms with van der Waals surface area (Å²) in [5.41, 5.74) is 2.77. The van der Waals surface area contributed by atoms with E-state index < -0.39 is 0 Å². The second-order valence-electron chi connectivity index (χ2n) is 5.41. The van der Waals surface area contributed by atoms with Gasteiger partial charge in [0.1, 0.15) is 5.82 Å². The number of fused-ring (bicyclic) bond motifs is 1. The van der Waals surface area contributed by atoms with Crippen molar-refractivity contribution in [1.29, 1.82) is 0 Å². The van der Waals surface area contributed by atoms with Crippen molar-refractivity contribution in [3.63, 3.8) is 0 Å². The number of nitrogens with zero attached hydrogens (tertiary/aromatic N) is 1. The molecular weight excluding hydrogens is 271 g/mol. The zero-order chi connectivity index (χ0) is 14.7. The van der Waals surface area contributed by atoms with E-state index in [4.69, 9.17) is 9.47 Å². The summed E-state index contributed by atoms with van der Waals surface area (Å²) >= 11 is 0. The summed E-state index contributed by atoms with van der Waals surface area (Å²) in [4.78, 5) is 5.46. The first-order valence-corrected chi connectivity index (χ1v) is 7.36. The predicted octanol–water partition coefficient (Wildman–Crippen LogP) is 2.33. The monoisotopic (exact) mass is 292 g/mol. The van der Waals surface area contributed by atoms with Crippen molar-refractivity contribution < 1.29 is 13.9 Å². The SMILES string of the molecule is COCc1ccc(F)c2[nH]cc(CCN3CCOCC3)c12. The van der Waals surface area contributed by atoms with Gasteiger partial charge in [0.2, 0.25) is 0 Å². The van der Waals surface area contributed by atoms with E-state index in [0.29, 0.717) is 12.1 Å². The smallest absolute Gasteiger partial charge is 0.147 e. The van der Waals surface area contributed by atoms with E-state index in [0.717, 1.165) is 55.8 Å². The lowest BCUT2D eigenvalue weighted by Gasteiger charge is -2.26. The molecule has 5 heteroatoms. The van der Waals surface area contributed by atoms with Crippen molar-refractivity contribution in [2.45, 2.75) is 13.0 Å². The van der Waals surface area contributed by atoms with Gasteiger partial charge in [0, 0.05) is 38.3 Å². The van der Waals surface area contributed by atoms with Gasteiger partial charge in [0.15, 0.2) is 0 Å². The molecule has 1 aliphatic heterocycles. The maximum absolute atomic E-state index is 13.9. The quantitative estimate of drug-likeness (QED) is 0.919. The third-order valence-electron chi connectivity index (χ3n) is 4.05. The van der Waals surface area contributed by atoms with Gasteiger partial charge in [-0.3, -0.25) is 4.90 Å². The minimum Gasteiger partial charge on any atom is -0.380 e. The highest BCUT2D eigenvalue weighted by atomic mass is 19.1. The Bertz CT molecular complexity index is 606. The molecular formula is C16H21FN2O2. The molecule has 1 N–H and O–H groups in total. The van der Waals surface area contributed by atoms with Crippen molar-refractivity contribution in [3.05, 3.63) is 35.3 Å². The standard InChI is InChI=1S/C16H21FN2O2/c1-20-11-13-2-3-14(17)16-15(13)12(10-18-16)4-5-19-6-8-21-9-7-19/h2-3,10,18H,4-9,11H2,1H3. The molecule has 2 aromatic rings. The number of nitrogens with one attached hydrogen (secondary N) is 1. The Labute approximate surface area is 123 Å². The second kappa shape index (κ2) is 6.56. The third kappa shape index (κ3) is 3.10. The fraction of sp³-hybridized carbons (Fsp3) is 0.500. The maximum atomic E-state index is 13.9. The number of ether oxygens (including phenoxy) is 2. The lowest BCUT2D eigenvalue weighted by Crippen LogP contribution is -2.37. The van der Waals surface area contributed by atoms with Gasteiger partial charge in [0.05, 0.1) is 25.3 Å². The van der Waals surface area contributed by atoms with E-state index >= 15 is 0 Å². The van der Waals surface area contributed by atoms with Gasteiger partial charge in [-0.15, -0.1) is 0 Å². The van der Waals surface area contributed by atoms with E-state index in [-0.39, 0.29) is 5.82 Å². The highest BCUT2D eigenvalue weighted by Crippen LogP contribution is 2.26. The predicted molar refractivity (Wildman–Crippen MR) is 79.9 cm³/mol. The van der Waals surface area contributed by atoms with E-state index in [1.54, 1.807) is 7.11 Å². The zero-order valence-corrected chi connectivity index (χ0v) is 12.3. The molecule has 0 bridgehead atoms. The summed E-state index contributed by atoms with van der Waals surface area (Å²) < 4.78 is 24.5. The number of aromatic nitrogens is 1. The van der Waals surface area contributed by atoms with Crippen molar-refractivity contribution in [2.24, 2.45) is 0 Å². The second-order valence-corrected chi connectivity index (χ2v) is 5.41. The van der Waals surface area contributed by atoms with Gasteiger partial charge in [-0.05, 0) is 23.6 Å². The first-order valence-electron chi connectivity index (χ1n) is 7.36. The lowest BCUT2D eigenvalue weighted by atomic mass is 10.0. The van der Waals surface area contributed by atoms with E-state index in [9.17, 15) is 4.39 Å². The fourth-order valence-electron chi connectivity index (χ4n) is 2.94. The Morgan fingerprint density at radius 2 is 2.10 bits per heavy atom. The number of rotatable bonds is 5. The normalized spacial score (nSPS) is 16.7. The molecule has 1 saturated heterocycles. The number of hydrogen-bond donors (Lipinski definition) is 1. The molecule has 0 saturated carbocycles. The summed E-state index contributed by atoms with van der Waals surface area (Å²) in [6.45, 7) is 5.02. The Hall–Kier alpha value is -1.43. The third-order valence-corrected chi connectivity index (χ3v) is 4.05. The number of halogens is 1. The number of methoxy groups -OCH3 is 1. The molecule has 1 aliphatic rings. The van der Waals surface area contributed by atoms with Crippen molar-refractivity contribution in [2.75, 3.05) is 40.0 Å². The number of H-pyrrole nitrogens is 1. The maximum Gasteiger partial charge on any atom is 0.147 e. The molecule has 3 rings (SSSR count). The average molecular weight is 292 g/mol. The van der Waals surface area contributed by atoms with Crippen LogP contribution in [0.1, 0.15) is 11.1 Å². The van der Waals surface area contributed by atoms with E-state index in [1.165, 1.54) is 6.07 Å². The van der Waals surface area contributed by atoms with Gasteiger partial charge in [0.25, 0.3) is 0 Å². The molecule has 0 spiro atoms. The fourth-order valence-corrected chi connectivity index (χ4v) is 2.94. The number of benzene rings is 1. The van der Waals surface area contributed by atoms with Crippen LogP contribution in [0.25, 0.3) is 10.9 Å². The molecule has 0 unspecified atom stereocenters. The van der Waals surface area contributed by atoms with Crippen LogP contribution in [-0.4, -0.2) is 49.8 Å². The first-order chi connectivity index (χ1) is 10.3. The van der Waals surface area contributed by atoms with Crippen LogP contribution < -0.4 is 0 Å². The molecule has 1 fully saturated rings. The first kappa shape index (κ1) is 14.5. The van der Waals surface area contributed by atoms with Crippen LogP contribution in [-0.2, 0) is 22.5 Å². The highest BCUT2D eigenvalue weighted by Gasteiger charge is 2.15. The topological polar surface area (TPSA) is 37.5 Å². The lowest BCUT2D eigenvalue weighted by molar-refractivity contribution is 0.0385. The summed E-state index contributed by atoms with van der Waals surface area (Å²) in [6, 6.07) is 3.31. The molecule has 4 nitrogen and oxygen atoms in total. The molecule has 21 heavy (non-hydrogen) atoms. The average Bonchev–Trinajstić information content (AvgIpc) is 2.94. The van der Waals surface area contributed by atoms with Gasteiger partial charge in [-0.2, -0.15) is 0 Å². The minimum absolute atomic E-state index is 0.206. The van der Waals surface area contributed by atoms with Crippen LogP contribution in [0.2, 0.25) is 0 Å². The summed E-state index contributed by atoms with van der Waals surface area (Å²) in [6.07, 6.45) is 2.83. The van der Waals surface area contributed by atoms with E-state index in [2.05, 4.69) is 9.88 Å². The van der Waals surface area contributed by atoms with Gasteiger partial charge in [-0.25, -0.2) is 4.39 Å². The van der Waals surface area contributed by atoms with Crippen LogP contribution >= 0.6 is 0 Å². The van der Waals surface area contributed by atoms with Crippen LogP contribution in [0.3, 0.4) is 0 Å². The molecule has 0 amide bonds. The molecule has 2 heterocycles. The zero-order valence-electron chi connectivity index (χ0n) is 12.3. The van der Waals surface area contributed by atoms with E-state index in [1.807, 2.05) is 12.3 Å². The Kier molecular flexibility index (Phi) is 4.53. The van der Waals surface area contributed by atoms with Gasteiger partial charge >= 0.3 is 0 Å².